The fraction of sp³-hybridized carbons (Fsp3) is 0.351. The first-order valence-electron chi connectivity index (χ1n) is 15.8. The van der Waals surface area contributed by atoms with E-state index in [0.29, 0.717) is 12.0 Å². The Bertz CT molecular complexity index is 1590. The highest BCUT2D eigenvalue weighted by atomic mass is 19.1. The van der Waals surface area contributed by atoms with Gasteiger partial charge >= 0.3 is 0 Å². The van der Waals surface area contributed by atoms with E-state index in [0.717, 1.165) is 16.7 Å². The molecule has 0 radical (unpaired) electrons. The van der Waals surface area contributed by atoms with Crippen molar-refractivity contribution >= 4 is 23.6 Å². The topological polar surface area (TPSA) is 111 Å². The number of carbonyl (C=O) groups is 4. The summed E-state index contributed by atoms with van der Waals surface area (Å²) >= 11 is 0. The van der Waals surface area contributed by atoms with Gasteiger partial charge in [0.25, 0.3) is 0 Å². The number of nitrogens with zero attached hydrogens (tertiary/aromatic N) is 2. The van der Waals surface area contributed by atoms with E-state index in [1.165, 1.54) is 28.3 Å². The molecule has 0 unspecified atom stereocenters. The molecular weight excluding hydrogens is 597 g/mol. The fourth-order valence-corrected chi connectivity index (χ4v) is 5.33. The molecule has 0 fully saturated rings. The SMILES string of the molecule is CN[C@@H](C)C(=O)N[C@H](C(=O)NCC(=O)N1C=CN(CCc2ccccc2F)C(=O)[C@@H]1Cc1ccc(-c2ccccc2)cc1)C(C)(C)C. The predicted octanol–water partition coefficient (Wildman–Crippen LogP) is 4.04. The van der Waals surface area contributed by atoms with E-state index in [4.69, 9.17) is 0 Å². The Balaban J connectivity index is 1.52. The lowest BCUT2D eigenvalue weighted by Gasteiger charge is -2.36. The number of nitrogens with one attached hydrogen (secondary N) is 3. The largest absolute Gasteiger partial charge is 0.345 e. The second kappa shape index (κ2) is 15.6. The van der Waals surface area contributed by atoms with Crippen LogP contribution in [0.25, 0.3) is 11.1 Å². The summed E-state index contributed by atoms with van der Waals surface area (Å²) < 4.78 is 14.3. The van der Waals surface area contributed by atoms with Crippen molar-refractivity contribution in [2.24, 2.45) is 5.41 Å². The monoisotopic (exact) mass is 641 g/mol. The van der Waals surface area contributed by atoms with Gasteiger partial charge in [-0.1, -0.05) is 93.6 Å². The third-order valence-electron chi connectivity index (χ3n) is 8.32. The fourth-order valence-electron chi connectivity index (χ4n) is 5.33. The van der Waals surface area contributed by atoms with Gasteiger partial charge in [0.2, 0.25) is 23.6 Å². The lowest BCUT2D eigenvalue weighted by Crippen LogP contribution is -2.58. The number of likely N-dealkylation sites (N-methyl/N-ethyl adjacent to an activating group) is 1. The van der Waals surface area contributed by atoms with Crippen LogP contribution in [0.5, 0.6) is 0 Å². The molecule has 4 rings (SSSR count). The highest BCUT2D eigenvalue weighted by molar-refractivity contribution is 5.94. The summed E-state index contributed by atoms with van der Waals surface area (Å²) in [6.45, 7) is 7.01. The quantitative estimate of drug-likeness (QED) is 0.277. The lowest BCUT2D eigenvalue weighted by atomic mass is 9.86. The van der Waals surface area contributed by atoms with Crippen LogP contribution >= 0.6 is 0 Å². The second-order valence-electron chi connectivity index (χ2n) is 12.8. The molecule has 3 N–H and O–H groups in total. The van der Waals surface area contributed by atoms with E-state index in [9.17, 15) is 23.6 Å². The van der Waals surface area contributed by atoms with Crippen molar-refractivity contribution in [1.29, 1.82) is 0 Å². The molecule has 0 aromatic heterocycles. The van der Waals surface area contributed by atoms with Gasteiger partial charge in [-0.05, 0) is 54.1 Å². The molecule has 1 heterocycles. The zero-order valence-corrected chi connectivity index (χ0v) is 27.6. The molecule has 248 valence electrons. The lowest BCUT2D eigenvalue weighted by molar-refractivity contribution is -0.143. The molecule has 3 aromatic rings. The maximum absolute atomic E-state index is 14.3. The number of rotatable bonds is 12. The van der Waals surface area contributed by atoms with Crippen LogP contribution in [0.2, 0.25) is 0 Å². The molecule has 0 saturated heterocycles. The van der Waals surface area contributed by atoms with Crippen molar-refractivity contribution in [2.75, 3.05) is 20.1 Å². The number of benzene rings is 3. The third kappa shape index (κ3) is 9.13. The van der Waals surface area contributed by atoms with Gasteiger partial charge in [-0.3, -0.25) is 19.2 Å². The van der Waals surface area contributed by atoms with E-state index < -0.39 is 35.4 Å². The van der Waals surface area contributed by atoms with Gasteiger partial charge in [0.05, 0.1) is 12.6 Å². The van der Waals surface area contributed by atoms with Crippen molar-refractivity contribution in [2.45, 2.75) is 58.7 Å². The molecule has 9 nitrogen and oxygen atoms in total. The van der Waals surface area contributed by atoms with Gasteiger partial charge in [-0.25, -0.2) is 4.39 Å². The third-order valence-corrected chi connectivity index (χ3v) is 8.32. The summed E-state index contributed by atoms with van der Waals surface area (Å²) in [4.78, 5) is 56.2. The standard InChI is InChI=1S/C37H44FN5O4/c1-25(39-5)34(45)41-33(37(2,3)4)35(46)40-24-32(44)43-22-21-42(20-19-29-13-9-10-14-30(29)38)36(47)31(43)23-26-15-17-28(18-16-26)27-11-7-6-8-12-27/h6-18,21-22,25,31,33,39H,19-20,23-24H2,1-5H3,(H,40,46)(H,41,45)/t25-,31-,33+/m0/s1. The number of amides is 4. The van der Waals surface area contributed by atoms with Crippen molar-refractivity contribution in [3.63, 3.8) is 0 Å². The van der Waals surface area contributed by atoms with E-state index in [2.05, 4.69) is 16.0 Å². The van der Waals surface area contributed by atoms with E-state index in [-0.39, 0.29) is 37.1 Å². The first-order chi connectivity index (χ1) is 22.4. The molecule has 3 atom stereocenters. The molecule has 3 aromatic carbocycles. The Morgan fingerprint density at radius 2 is 1.51 bits per heavy atom. The second-order valence-corrected chi connectivity index (χ2v) is 12.8. The van der Waals surface area contributed by atoms with Crippen molar-refractivity contribution in [1.82, 2.24) is 25.8 Å². The summed E-state index contributed by atoms with van der Waals surface area (Å²) in [6.07, 6.45) is 3.60. The minimum atomic E-state index is -0.898. The van der Waals surface area contributed by atoms with Crippen LogP contribution in [0.15, 0.2) is 91.3 Å². The molecule has 1 aliphatic rings. The molecule has 47 heavy (non-hydrogen) atoms. The van der Waals surface area contributed by atoms with E-state index >= 15 is 0 Å². The van der Waals surface area contributed by atoms with Crippen LogP contribution in [0.1, 0.15) is 38.8 Å². The first-order valence-corrected chi connectivity index (χ1v) is 15.8. The molecule has 0 bridgehead atoms. The Labute approximate surface area is 276 Å². The van der Waals surface area contributed by atoms with Gasteiger partial charge in [0.15, 0.2) is 0 Å². The smallest absolute Gasteiger partial charge is 0.250 e. The molecule has 10 heteroatoms. The Kier molecular flexibility index (Phi) is 11.7. The number of hydrogen-bond donors (Lipinski definition) is 3. The molecule has 0 saturated carbocycles. The minimum Gasteiger partial charge on any atom is -0.345 e. The summed E-state index contributed by atoms with van der Waals surface area (Å²) in [5.41, 5.74) is 2.80. The Morgan fingerprint density at radius 3 is 2.15 bits per heavy atom. The van der Waals surface area contributed by atoms with Gasteiger partial charge in [0.1, 0.15) is 17.9 Å². The Morgan fingerprint density at radius 1 is 0.872 bits per heavy atom. The summed E-state index contributed by atoms with van der Waals surface area (Å²) in [6, 6.07) is 21.9. The van der Waals surface area contributed by atoms with Gasteiger partial charge in [-0.2, -0.15) is 0 Å². The number of halogens is 1. The van der Waals surface area contributed by atoms with Crippen LogP contribution in [0, 0.1) is 11.2 Å². The summed E-state index contributed by atoms with van der Waals surface area (Å²) in [7, 11) is 1.65. The van der Waals surface area contributed by atoms with E-state index in [1.807, 2.05) is 75.4 Å². The predicted molar refractivity (Wildman–Crippen MR) is 180 cm³/mol. The molecular formula is C37H44FN5O4. The molecule has 0 spiro atoms. The molecule has 1 aliphatic heterocycles. The van der Waals surface area contributed by atoms with Crippen LogP contribution in [0.3, 0.4) is 0 Å². The molecule has 0 aliphatic carbocycles. The van der Waals surface area contributed by atoms with E-state index in [1.54, 1.807) is 32.2 Å². The zero-order valence-electron chi connectivity index (χ0n) is 27.6. The average molecular weight is 642 g/mol. The average Bonchev–Trinajstić information content (AvgIpc) is 3.06. The van der Waals surface area contributed by atoms with Gasteiger partial charge in [0, 0.05) is 25.4 Å². The van der Waals surface area contributed by atoms with Crippen LogP contribution in [-0.4, -0.2) is 71.7 Å². The maximum Gasteiger partial charge on any atom is 0.250 e. The Hall–Kier alpha value is -4.83. The van der Waals surface area contributed by atoms with Crippen LogP contribution < -0.4 is 16.0 Å². The highest BCUT2D eigenvalue weighted by Crippen LogP contribution is 2.23. The maximum atomic E-state index is 14.3. The summed E-state index contributed by atoms with van der Waals surface area (Å²) in [5, 5.41) is 8.30. The van der Waals surface area contributed by atoms with Crippen LogP contribution in [-0.2, 0) is 32.0 Å². The first kappa shape index (κ1) is 35.0. The normalized spacial score (nSPS) is 16.0. The van der Waals surface area contributed by atoms with Crippen LogP contribution in [0.4, 0.5) is 4.39 Å². The van der Waals surface area contributed by atoms with Gasteiger partial charge in [-0.15, -0.1) is 0 Å². The van der Waals surface area contributed by atoms with Crippen molar-refractivity contribution in [3.05, 3.63) is 108 Å². The molecule has 4 amide bonds. The van der Waals surface area contributed by atoms with Crippen molar-refractivity contribution < 1.29 is 23.6 Å². The summed E-state index contributed by atoms with van der Waals surface area (Å²) in [5.74, 6) is -1.97. The number of hydrogen-bond acceptors (Lipinski definition) is 5. The van der Waals surface area contributed by atoms with Crippen molar-refractivity contribution in [3.8, 4) is 11.1 Å². The number of carbonyl (C=O) groups excluding carboxylic acids is 4. The minimum absolute atomic E-state index is 0.233. The van der Waals surface area contributed by atoms with Gasteiger partial charge < -0.3 is 25.8 Å². The zero-order chi connectivity index (χ0) is 34.1. The highest BCUT2D eigenvalue weighted by Gasteiger charge is 2.37.